The van der Waals surface area contributed by atoms with Gasteiger partial charge < -0.3 is 5.32 Å². The van der Waals surface area contributed by atoms with Crippen LogP contribution in [0, 0.1) is 17.0 Å². The Labute approximate surface area is 102 Å². The molecular weight excluding hydrogens is 242 g/mol. The van der Waals surface area contributed by atoms with Crippen LogP contribution in [0.4, 0.5) is 11.5 Å². The molecule has 17 heavy (non-hydrogen) atoms. The second kappa shape index (κ2) is 6.29. The molecule has 1 rings (SSSR count). The van der Waals surface area contributed by atoms with Gasteiger partial charge >= 0.3 is 0 Å². The van der Waals surface area contributed by atoms with Crippen molar-refractivity contribution in [3.63, 3.8) is 0 Å². The molecule has 0 saturated carbocycles. The van der Waals surface area contributed by atoms with Gasteiger partial charge in [-0.1, -0.05) is 0 Å². The summed E-state index contributed by atoms with van der Waals surface area (Å²) in [5.74, 6) is 1.09. The summed E-state index contributed by atoms with van der Waals surface area (Å²) in [6, 6.07) is 1.41. The molecule has 1 N–H and O–H groups in total. The van der Waals surface area contributed by atoms with Gasteiger partial charge in [0, 0.05) is 41.1 Å². The number of anilines is 1. The van der Waals surface area contributed by atoms with Gasteiger partial charge in [-0.25, -0.2) is 4.98 Å². The highest BCUT2D eigenvalue weighted by molar-refractivity contribution is 7.84. The average Bonchev–Trinajstić information content (AvgIpc) is 2.25. The van der Waals surface area contributed by atoms with Crippen LogP contribution in [0.2, 0.25) is 0 Å². The lowest BCUT2D eigenvalue weighted by molar-refractivity contribution is -0.385. The van der Waals surface area contributed by atoms with E-state index in [1.54, 1.807) is 13.2 Å². The highest BCUT2D eigenvalue weighted by Crippen LogP contribution is 2.19. The van der Waals surface area contributed by atoms with Crippen LogP contribution in [0.1, 0.15) is 12.0 Å². The smallest absolute Gasteiger partial charge is 0.277 e. The van der Waals surface area contributed by atoms with Crippen LogP contribution >= 0.6 is 0 Å². The number of rotatable bonds is 6. The quantitative estimate of drug-likeness (QED) is 0.474. The van der Waals surface area contributed by atoms with Crippen LogP contribution in [0.3, 0.4) is 0 Å². The topological polar surface area (TPSA) is 85.1 Å². The molecule has 0 fully saturated rings. The maximum atomic E-state index is 10.8. The third kappa shape index (κ3) is 4.48. The molecular formula is C10H15N3O3S. The molecule has 0 aliphatic carbocycles. The Kier molecular flexibility index (Phi) is 5.02. The fourth-order valence-corrected chi connectivity index (χ4v) is 1.85. The molecule has 0 amide bonds. The number of nitrogens with zero attached hydrogens (tertiary/aromatic N) is 2. The van der Waals surface area contributed by atoms with Crippen LogP contribution < -0.4 is 5.32 Å². The summed E-state index contributed by atoms with van der Waals surface area (Å²) in [4.78, 5) is 14.3. The predicted octanol–water partition coefficient (Wildman–Crippen LogP) is 1.48. The summed E-state index contributed by atoms with van der Waals surface area (Å²) >= 11 is 0. The normalized spacial score (nSPS) is 12.1. The van der Waals surface area contributed by atoms with Crippen LogP contribution in [-0.4, -0.2) is 32.7 Å². The number of hydrogen-bond acceptors (Lipinski definition) is 5. The highest BCUT2D eigenvalue weighted by atomic mass is 32.2. The summed E-state index contributed by atoms with van der Waals surface area (Å²) < 4.78 is 10.8. The number of hydrogen-bond donors (Lipinski definition) is 1. The zero-order chi connectivity index (χ0) is 12.8. The van der Waals surface area contributed by atoms with Crippen molar-refractivity contribution in [1.82, 2.24) is 4.98 Å². The number of nitrogens with one attached hydrogen (secondary N) is 1. The lowest BCUT2D eigenvalue weighted by Gasteiger charge is -2.05. The average molecular weight is 257 g/mol. The van der Waals surface area contributed by atoms with E-state index in [9.17, 15) is 14.3 Å². The maximum absolute atomic E-state index is 10.8. The lowest BCUT2D eigenvalue weighted by atomic mass is 10.2. The first-order valence-corrected chi connectivity index (χ1v) is 6.88. The number of nitro groups is 1. The Bertz CT molecular complexity index is 437. The lowest BCUT2D eigenvalue weighted by Crippen LogP contribution is -2.07. The van der Waals surface area contributed by atoms with Gasteiger partial charge in [0.1, 0.15) is 5.82 Å². The maximum Gasteiger partial charge on any atom is 0.277 e. The van der Waals surface area contributed by atoms with Gasteiger partial charge in [-0.2, -0.15) is 0 Å². The van der Waals surface area contributed by atoms with Gasteiger partial charge in [0.15, 0.2) is 0 Å². The summed E-state index contributed by atoms with van der Waals surface area (Å²) in [7, 11) is -0.807. The fraction of sp³-hybridized carbons (Fsp3) is 0.500. The van der Waals surface area contributed by atoms with E-state index >= 15 is 0 Å². The van der Waals surface area contributed by atoms with Crippen LogP contribution in [0.5, 0.6) is 0 Å². The van der Waals surface area contributed by atoms with E-state index in [2.05, 4.69) is 10.3 Å². The SMILES string of the molecule is Cc1cnc(NCCCS(C)=O)cc1[N+](=O)[O-]. The van der Waals surface area contributed by atoms with Gasteiger partial charge in [0.25, 0.3) is 5.69 Å². The third-order valence-corrected chi connectivity index (χ3v) is 3.05. The summed E-state index contributed by atoms with van der Waals surface area (Å²) in [6.45, 7) is 2.25. The molecule has 0 aliphatic rings. The molecule has 0 saturated heterocycles. The first-order valence-electron chi connectivity index (χ1n) is 5.15. The van der Waals surface area contributed by atoms with Gasteiger partial charge in [-0.05, 0) is 13.3 Å². The van der Waals surface area contributed by atoms with E-state index in [0.29, 0.717) is 23.7 Å². The Morgan fingerprint density at radius 3 is 2.88 bits per heavy atom. The number of aryl methyl sites for hydroxylation is 1. The van der Waals surface area contributed by atoms with Crippen molar-refractivity contribution in [2.75, 3.05) is 23.9 Å². The van der Waals surface area contributed by atoms with Crippen LogP contribution in [0.15, 0.2) is 12.3 Å². The molecule has 0 aromatic carbocycles. The van der Waals surface area contributed by atoms with Crippen molar-refractivity contribution in [1.29, 1.82) is 0 Å². The van der Waals surface area contributed by atoms with Crippen LogP contribution in [-0.2, 0) is 10.8 Å². The van der Waals surface area contributed by atoms with Crippen LogP contribution in [0.25, 0.3) is 0 Å². The van der Waals surface area contributed by atoms with E-state index in [0.717, 1.165) is 6.42 Å². The Hall–Kier alpha value is -1.50. The fourth-order valence-electron chi connectivity index (χ4n) is 1.30. The van der Waals surface area contributed by atoms with Gasteiger partial charge in [0.2, 0.25) is 0 Å². The van der Waals surface area contributed by atoms with Gasteiger partial charge in [-0.15, -0.1) is 0 Å². The molecule has 7 heteroatoms. The first-order chi connectivity index (χ1) is 8.00. The molecule has 6 nitrogen and oxygen atoms in total. The van der Waals surface area contributed by atoms with Crippen molar-refractivity contribution in [3.05, 3.63) is 27.9 Å². The van der Waals surface area contributed by atoms with E-state index in [4.69, 9.17) is 0 Å². The molecule has 0 spiro atoms. The second-order valence-corrected chi connectivity index (χ2v) is 5.23. The zero-order valence-corrected chi connectivity index (χ0v) is 10.6. The molecule has 1 aromatic rings. The Balaban J connectivity index is 2.57. The van der Waals surface area contributed by atoms with E-state index < -0.39 is 15.7 Å². The minimum absolute atomic E-state index is 0.0570. The minimum atomic E-state index is -0.807. The van der Waals surface area contributed by atoms with Crippen molar-refractivity contribution >= 4 is 22.3 Å². The molecule has 1 heterocycles. The summed E-state index contributed by atoms with van der Waals surface area (Å²) in [5, 5.41) is 13.7. The molecule has 1 unspecified atom stereocenters. The molecule has 0 bridgehead atoms. The largest absolute Gasteiger partial charge is 0.370 e. The molecule has 1 aromatic heterocycles. The monoisotopic (exact) mass is 257 g/mol. The standard InChI is InChI=1S/C10H15N3O3S/c1-8-7-12-10(6-9(8)13(14)15)11-4-3-5-17(2)16/h6-7H,3-5H2,1-2H3,(H,11,12). The summed E-state index contributed by atoms with van der Waals surface area (Å²) in [5.41, 5.74) is 0.594. The van der Waals surface area contributed by atoms with E-state index in [-0.39, 0.29) is 5.69 Å². The zero-order valence-electron chi connectivity index (χ0n) is 9.80. The first kappa shape index (κ1) is 13.6. The Morgan fingerprint density at radius 1 is 1.59 bits per heavy atom. The Morgan fingerprint density at radius 2 is 2.29 bits per heavy atom. The van der Waals surface area contributed by atoms with Crippen molar-refractivity contribution < 1.29 is 9.13 Å². The van der Waals surface area contributed by atoms with E-state index in [1.807, 2.05) is 0 Å². The number of aromatic nitrogens is 1. The predicted molar refractivity (Wildman–Crippen MR) is 67.7 cm³/mol. The van der Waals surface area contributed by atoms with Crippen molar-refractivity contribution in [2.45, 2.75) is 13.3 Å². The molecule has 94 valence electrons. The summed E-state index contributed by atoms with van der Waals surface area (Å²) in [6.07, 6.45) is 3.86. The van der Waals surface area contributed by atoms with Gasteiger partial charge in [-0.3, -0.25) is 14.3 Å². The molecule has 0 aliphatic heterocycles. The second-order valence-electron chi connectivity index (χ2n) is 3.67. The molecule has 0 radical (unpaired) electrons. The van der Waals surface area contributed by atoms with E-state index in [1.165, 1.54) is 12.3 Å². The molecule has 1 atom stereocenters. The minimum Gasteiger partial charge on any atom is -0.370 e. The van der Waals surface area contributed by atoms with Gasteiger partial charge in [0.05, 0.1) is 11.0 Å². The van der Waals surface area contributed by atoms with Crippen molar-refractivity contribution in [3.8, 4) is 0 Å². The highest BCUT2D eigenvalue weighted by Gasteiger charge is 2.11. The van der Waals surface area contributed by atoms with Crippen molar-refractivity contribution in [2.24, 2.45) is 0 Å². The third-order valence-electron chi connectivity index (χ3n) is 2.19. The number of pyridine rings is 1.